The van der Waals surface area contributed by atoms with Gasteiger partial charge in [0.2, 0.25) is 0 Å². The van der Waals surface area contributed by atoms with Crippen LogP contribution in [-0.2, 0) is 19.2 Å². The minimum absolute atomic E-state index is 0.245. The van der Waals surface area contributed by atoms with Crippen LogP contribution in [0.2, 0.25) is 0 Å². The minimum atomic E-state index is -1.67. The van der Waals surface area contributed by atoms with Crippen molar-refractivity contribution < 1.29 is 70.2 Å². The summed E-state index contributed by atoms with van der Waals surface area (Å²) in [4.78, 5) is 40.0. The van der Waals surface area contributed by atoms with Crippen molar-refractivity contribution in [3.05, 3.63) is 12.2 Å². The predicted octanol–water partition coefficient (Wildman–Crippen LogP) is -1.21. The number of unbranched alkanes of at least 4 members (excludes halogenated alkanes) is 5. The SMILES string of the molecule is C=C(CC(=O)O)C(=O)O.O=C(O)CCCCCCCCC(=O)O.OC[C@@H](O)[C@@H](O)[C@H](O)[C@@H](O)CO. The number of carbonyl (C=O) groups is 4. The van der Waals surface area contributed by atoms with Gasteiger partial charge >= 0.3 is 23.9 Å². The molecule has 206 valence electrons. The zero-order valence-corrected chi connectivity index (χ0v) is 19.4. The fourth-order valence-electron chi connectivity index (χ4n) is 2.19. The van der Waals surface area contributed by atoms with Crippen LogP contribution in [0.25, 0.3) is 0 Å². The molecule has 0 aromatic heterocycles. The van der Waals surface area contributed by atoms with Gasteiger partial charge in [0.05, 0.1) is 19.6 Å². The second-order valence-corrected chi connectivity index (χ2v) is 7.37. The lowest BCUT2D eigenvalue weighted by molar-refractivity contribution is -0.139. The van der Waals surface area contributed by atoms with Crippen molar-refractivity contribution in [1.82, 2.24) is 0 Å². The van der Waals surface area contributed by atoms with Crippen LogP contribution < -0.4 is 0 Å². The number of aliphatic hydroxyl groups excluding tert-OH is 6. The van der Waals surface area contributed by atoms with Crippen LogP contribution in [0, 0.1) is 0 Å². The van der Waals surface area contributed by atoms with E-state index in [-0.39, 0.29) is 18.4 Å². The second kappa shape index (κ2) is 23.1. The third-order valence-corrected chi connectivity index (χ3v) is 4.21. The normalized spacial score (nSPS) is 13.5. The topological polar surface area (TPSA) is 271 Å². The molecule has 0 saturated carbocycles. The van der Waals surface area contributed by atoms with Gasteiger partial charge in [-0.3, -0.25) is 14.4 Å². The van der Waals surface area contributed by atoms with Gasteiger partial charge in [0.1, 0.15) is 24.4 Å². The van der Waals surface area contributed by atoms with Crippen LogP contribution in [0.3, 0.4) is 0 Å². The second-order valence-electron chi connectivity index (χ2n) is 7.37. The Bertz CT molecular complexity index is 587. The van der Waals surface area contributed by atoms with E-state index >= 15 is 0 Å². The van der Waals surface area contributed by atoms with Gasteiger partial charge in [-0.1, -0.05) is 32.3 Å². The Morgan fingerprint density at radius 1 is 0.571 bits per heavy atom. The number of hydrogen-bond donors (Lipinski definition) is 10. The van der Waals surface area contributed by atoms with Crippen molar-refractivity contribution in [1.29, 1.82) is 0 Å². The number of aliphatic carboxylic acids is 4. The number of carboxylic acid groups (broad SMARTS) is 4. The maximum Gasteiger partial charge on any atom is 0.331 e. The first kappa shape index (κ1) is 36.9. The van der Waals surface area contributed by atoms with Crippen LogP contribution in [0.4, 0.5) is 0 Å². The first-order chi connectivity index (χ1) is 16.2. The van der Waals surface area contributed by atoms with Crippen LogP contribution in [0.15, 0.2) is 12.2 Å². The van der Waals surface area contributed by atoms with Crippen LogP contribution >= 0.6 is 0 Å². The highest BCUT2D eigenvalue weighted by molar-refractivity contribution is 5.91. The third kappa shape index (κ3) is 25.8. The van der Waals surface area contributed by atoms with E-state index in [0.29, 0.717) is 0 Å². The highest BCUT2D eigenvalue weighted by atomic mass is 16.4. The van der Waals surface area contributed by atoms with Crippen molar-refractivity contribution in [2.75, 3.05) is 13.2 Å². The average molecular weight is 515 g/mol. The molecule has 0 aliphatic heterocycles. The zero-order valence-electron chi connectivity index (χ0n) is 19.4. The maximum absolute atomic E-state index is 10.1. The quantitative estimate of drug-likeness (QED) is 0.0806. The van der Waals surface area contributed by atoms with Gasteiger partial charge in [-0.05, 0) is 12.8 Å². The first-order valence-electron chi connectivity index (χ1n) is 10.7. The van der Waals surface area contributed by atoms with Gasteiger partial charge in [0.15, 0.2) is 0 Å². The number of aliphatic hydroxyl groups is 6. The summed E-state index contributed by atoms with van der Waals surface area (Å²) in [6.45, 7) is 1.56. The van der Waals surface area contributed by atoms with E-state index in [1.165, 1.54) is 0 Å². The molecule has 0 unspecified atom stereocenters. The Kier molecular flexibility index (Phi) is 24.4. The van der Waals surface area contributed by atoms with Gasteiger partial charge in [-0.2, -0.15) is 0 Å². The van der Waals surface area contributed by atoms with E-state index in [2.05, 4.69) is 6.58 Å². The largest absolute Gasteiger partial charge is 0.481 e. The molecule has 0 aliphatic carbocycles. The van der Waals surface area contributed by atoms with Crippen molar-refractivity contribution in [3.63, 3.8) is 0 Å². The molecular weight excluding hydrogens is 476 g/mol. The molecular formula is C21H38O14. The standard InChI is InChI=1S/C10H18O4.C6H14O6.C5H6O4/c11-9(12)7-5-3-1-2-4-6-8-10(13)14;7-1-3(9)5(11)6(12)4(10)2-8;1-3(5(8)9)2-4(6)7/h1-8H2,(H,11,12)(H,13,14);3-12H,1-2H2;1-2H2,(H,6,7)(H,8,9)/t;3-,4+,5-,6-;/m.1./s1. The van der Waals surface area contributed by atoms with E-state index in [0.717, 1.165) is 38.5 Å². The minimum Gasteiger partial charge on any atom is -0.481 e. The predicted molar refractivity (Wildman–Crippen MR) is 119 cm³/mol. The van der Waals surface area contributed by atoms with Gasteiger partial charge in [0, 0.05) is 18.4 Å². The number of rotatable bonds is 17. The lowest BCUT2D eigenvalue weighted by Gasteiger charge is -2.24. The summed E-state index contributed by atoms with van der Waals surface area (Å²) in [7, 11) is 0. The number of hydrogen-bond acceptors (Lipinski definition) is 10. The van der Waals surface area contributed by atoms with Crippen LogP contribution in [0.1, 0.15) is 57.8 Å². The monoisotopic (exact) mass is 514 g/mol. The lowest BCUT2D eigenvalue weighted by atomic mass is 10.0. The zero-order chi connectivity index (χ0) is 28.0. The highest BCUT2D eigenvalue weighted by Crippen LogP contribution is 2.08. The summed E-state index contributed by atoms with van der Waals surface area (Å²) in [6.07, 6.45) is -1.07. The Labute approximate surface area is 202 Å². The number of carboxylic acids is 4. The summed E-state index contributed by atoms with van der Waals surface area (Å²) in [5.41, 5.74) is -0.303. The molecule has 0 aromatic rings. The van der Waals surface area contributed by atoms with Gasteiger partial charge in [-0.25, -0.2) is 4.79 Å². The molecule has 0 aromatic carbocycles. The molecule has 4 atom stereocenters. The molecule has 0 heterocycles. The van der Waals surface area contributed by atoms with E-state index in [1.54, 1.807) is 0 Å². The lowest BCUT2D eigenvalue weighted by Crippen LogP contribution is -2.46. The molecule has 10 N–H and O–H groups in total. The summed E-state index contributed by atoms with van der Waals surface area (Å²) in [6, 6.07) is 0. The van der Waals surface area contributed by atoms with E-state index in [4.69, 9.17) is 51.1 Å². The molecule has 0 fully saturated rings. The van der Waals surface area contributed by atoms with Crippen LogP contribution in [-0.4, -0.2) is 113 Å². The van der Waals surface area contributed by atoms with Gasteiger partial charge in [-0.15, -0.1) is 0 Å². The summed E-state index contributed by atoms with van der Waals surface area (Å²) < 4.78 is 0. The third-order valence-electron chi connectivity index (χ3n) is 4.21. The molecule has 0 spiro atoms. The smallest absolute Gasteiger partial charge is 0.331 e. The fraction of sp³-hybridized carbons (Fsp3) is 0.714. The molecule has 0 radical (unpaired) electrons. The first-order valence-corrected chi connectivity index (χ1v) is 10.7. The average Bonchev–Trinajstić information content (AvgIpc) is 2.78. The maximum atomic E-state index is 10.1. The Morgan fingerprint density at radius 3 is 1.09 bits per heavy atom. The summed E-state index contributed by atoms with van der Waals surface area (Å²) in [5.74, 6) is -3.92. The Hall–Kier alpha value is -2.62. The van der Waals surface area contributed by atoms with Crippen molar-refractivity contribution in [2.45, 2.75) is 82.2 Å². The van der Waals surface area contributed by atoms with E-state index < -0.39 is 67.9 Å². The molecule has 14 heteroatoms. The Balaban J connectivity index is -0.000000450. The van der Waals surface area contributed by atoms with Gasteiger partial charge in [0.25, 0.3) is 0 Å². The fourth-order valence-corrected chi connectivity index (χ4v) is 2.19. The van der Waals surface area contributed by atoms with Crippen LogP contribution in [0.5, 0.6) is 0 Å². The Morgan fingerprint density at radius 2 is 0.886 bits per heavy atom. The molecule has 0 bridgehead atoms. The van der Waals surface area contributed by atoms with Crippen molar-refractivity contribution >= 4 is 23.9 Å². The summed E-state index contributed by atoms with van der Waals surface area (Å²) >= 11 is 0. The molecule has 0 aliphatic rings. The van der Waals surface area contributed by atoms with Gasteiger partial charge < -0.3 is 51.1 Å². The molecule has 0 rings (SSSR count). The molecule has 35 heavy (non-hydrogen) atoms. The van der Waals surface area contributed by atoms with E-state index in [1.807, 2.05) is 0 Å². The molecule has 0 amide bonds. The molecule has 0 saturated heterocycles. The van der Waals surface area contributed by atoms with Crippen molar-refractivity contribution in [3.8, 4) is 0 Å². The molecule has 14 nitrogen and oxygen atoms in total. The van der Waals surface area contributed by atoms with E-state index in [9.17, 15) is 19.2 Å². The highest BCUT2D eigenvalue weighted by Gasteiger charge is 2.29. The van der Waals surface area contributed by atoms with Crippen molar-refractivity contribution in [2.24, 2.45) is 0 Å². The summed E-state index contributed by atoms with van der Waals surface area (Å²) in [5, 5.41) is 85.0.